The molecule has 1 aromatic carbocycles. The van der Waals surface area contributed by atoms with Gasteiger partial charge in [-0.2, -0.15) is 5.26 Å². The van der Waals surface area contributed by atoms with E-state index in [0.717, 1.165) is 36.1 Å². The van der Waals surface area contributed by atoms with Gasteiger partial charge in [0.15, 0.2) is 17.4 Å². The summed E-state index contributed by atoms with van der Waals surface area (Å²) in [5.41, 5.74) is 4.29. The molecule has 0 saturated heterocycles. The van der Waals surface area contributed by atoms with Crippen LogP contribution in [0.15, 0.2) is 59.8 Å². The van der Waals surface area contributed by atoms with Crippen molar-refractivity contribution in [2.24, 2.45) is 0 Å². The number of methoxy groups -OCH3 is 1. The van der Waals surface area contributed by atoms with Gasteiger partial charge in [-0.1, -0.05) is 44.5 Å². The minimum absolute atomic E-state index is 0.0908. The molecule has 8 nitrogen and oxygen atoms in total. The van der Waals surface area contributed by atoms with Crippen LogP contribution in [0.5, 0.6) is 5.75 Å². The lowest BCUT2D eigenvalue weighted by atomic mass is 10.0. The van der Waals surface area contributed by atoms with Gasteiger partial charge in [0.25, 0.3) is 5.56 Å². The summed E-state index contributed by atoms with van der Waals surface area (Å²) in [5.74, 6) is 1.31. The molecule has 0 bridgehead atoms. The smallest absolute Gasteiger partial charge is 0.257 e. The van der Waals surface area contributed by atoms with Gasteiger partial charge in [-0.3, -0.25) is 14.3 Å². The fourth-order valence-corrected chi connectivity index (χ4v) is 4.06. The molecule has 0 unspecified atom stereocenters. The van der Waals surface area contributed by atoms with Gasteiger partial charge in [-0.15, -0.1) is 0 Å². The number of pyridine rings is 1. The zero-order chi connectivity index (χ0) is 25.5. The number of aryl methyl sites for hydroxylation is 1. The van der Waals surface area contributed by atoms with Gasteiger partial charge in [0.05, 0.1) is 49.1 Å². The highest BCUT2D eigenvalue weighted by Gasteiger charge is 2.19. The Kier molecular flexibility index (Phi) is 7.81. The molecule has 0 spiro atoms. The fraction of sp³-hybridized carbons (Fsp3) is 0.286. The van der Waals surface area contributed by atoms with Crippen LogP contribution in [0, 0.1) is 11.3 Å². The van der Waals surface area contributed by atoms with E-state index in [1.165, 1.54) is 0 Å². The molecule has 0 radical (unpaired) electrons. The number of benzene rings is 1. The number of nitrogens with zero attached hydrogens (tertiary/aromatic N) is 6. The van der Waals surface area contributed by atoms with Crippen LogP contribution < -0.4 is 10.3 Å². The highest BCUT2D eigenvalue weighted by molar-refractivity contribution is 5.67. The van der Waals surface area contributed by atoms with E-state index in [1.807, 2.05) is 37.3 Å². The predicted octanol–water partition coefficient (Wildman–Crippen LogP) is 4.60. The largest absolute Gasteiger partial charge is 0.494 e. The molecule has 3 heterocycles. The van der Waals surface area contributed by atoms with Crippen molar-refractivity contribution in [2.75, 3.05) is 7.11 Å². The number of rotatable bonds is 9. The summed E-state index contributed by atoms with van der Waals surface area (Å²) in [4.78, 5) is 31.9. The zero-order valence-corrected chi connectivity index (χ0v) is 20.7. The Labute approximate surface area is 210 Å². The third kappa shape index (κ3) is 5.15. The number of hydrogen-bond acceptors (Lipinski definition) is 7. The molecule has 0 aliphatic heterocycles. The SMILES string of the molecule is CCCCc1nc(-c2ncc(OC)cn2)n(Cc2ccc(-c3ccccc3C#N)nc2)c(=O)c1CC. The molecule has 182 valence electrons. The van der Waals surface area contributed by atoms with Crippen LogP contribution in [0.1, 0.15) is 49.1 Å². The number of unbranched alkanes of at least 4 members (excludes halogenated alkanes) is 1. The Balaban J connectivity index is 1.77. The molecule has 0 amide bonds. The number of nitriles is 1. The van der Waals surface area contributed by atoms with Gasteiger partial charge in [-0.25, -0.2) is 15.0 Å². The average Bonchev–Trinajstić information content (AvgIpc) is 2.93. The molecule has 36 heavy (non-hydrogen) atoms. The maximum absolute atomic E-state index is 13.7. The Morgan fingerprint density at radius 3 is 2.44 bits per heavy atom. The van der Waals surface area contributed by atoms with Crippen LogP contribution >= 0.6 is 0 Å². The van der Waals surface area contributed by atoms with E-state index in [2.05, 4.69) is 27.9 Å². The van der Waals surface area contributed by atoms with Crippen molar-refractivity contribution in [3.63, 3.8) is 0 Å². The lowest BCUT2D eigenvalue weighted by molar-refractivity contribution is 0.411. The second kappa shape index (κ2) is 11.4. The quantitative estimate of drug-likeness (QED) is 0.345. The molecular weight excluding hydrogens is 452 g/mol. The van der Waals surface area contributed by atoms with E-state index in [4.69, 9.17) is 9.72 Å². The van der Waals surface area contributed by atoms with Crippen molar-refractivity contribution < 1.29 is 4.74 Å². The van der Waals surface area contributed by atoms with E-state index in [-0.39, 0.29) is 12.1 Å². The van der Waals surface area contributed by atoms with Crippen molar-refractivity contribution in [1.29, 1.82) is 5.26 Å². The first kappa shape index (κ1) is 24.7. The molecule has 0 atom stereocenters. The maximum atomic E-state index is 13.7. The van der Waals surface area contributed by atoms with E-state index >= 15 is 0 Å². The van der Waals surface area contributed by atoms with Crippen LogP contribution in [-0.4, -0.2) is 31.6 Å². The summed E-state index contributed by atoms with van der Waals surface area (Å²) >= 11 is 0. The average molecular weight is 481 g/mol. The minimum Gasteiger partial charge on any atom is -0.494 e. The van der Waals surface area contributed by atoms with Gasteiger partial charge in [0.1, 0.15) is 0 Å². The lowest BCUT2D eigenvalue weighted by Crippen LogP contribution is -2.29. The van der Waals surface area contributed by atoms with Crippen molar-refractivity contribution >= 4 is 0 Å². The van der Waals surface area contributed by atoms with Crippen LogP contribution in [-0.2, 0) is 19.4 Å². The summed E-state index contributed by atoms with van der Waals surface area (Å²) < 4.78 is 6.81. The van der Waals surface area contributed by atoms with E-state index in [0.29, 0.717) is 40.6 Å². The standard InChI is InChI=1S/C28H28N6O2/c1-4-6-11-25-22(5-2)28(35)34(27(33-25)26-31-16-21(36-3)17-32-26)18-19-12-13-24(30-15-19)23-10-8-7-9-20(23)14-29/h7-10,12-13,15-17H,4-6,11,18H2,1-3H3. The van der Waals surface area contributed by atoms with Gasteiger partial charge >= 0.3 is 0 Å². The number of hydrogen-bond donors (Lipinski definition) is 0. The lowest BCUT2D eigenvalue weighted by Gasteiger charge is -2.16. The molecule has 0 saturated carbocycles. The maximum Gasteiger partial charge on any atom is 0.257 e. The Morgan fingerprint density at radius 2 is 1.81 bits per heavy atom. The van der Waals surface area contributed by atoms with Crippen LogP contribution in [0.4, 0.5) is 0 Å². The van der Waals surface area contributed by atoms with Crippen LogP contribution in [0.25, 0.3) is 22.9 Å². The third-order valence-electron chi connectivity index (χ3n) is 6.02. The predicted molar refractivity (Wildman–Crippen MR) is 138 cm³/mol. The van der Waals surface area contributed by atoms with E-state index in [1.54, 1.807) is 36.3 Å². The first-order chi connectivity index (χ1) is 17.6. The van der Waals surface area contributed by atoms with E-state index < -0.39 is 0 Å². The van der Waals surface area contributed by atoms with Crippen LogP contribution in [0.2, 0.25) is 0 Å². The fourth-order valence-electron chi connectivity index (χ4n) is 4.06. The first-order valence-electron chi connectivity index (χ1n) is 12.0. The van der Waals surface area contributed by atoms with Gasteiger partial charge in [-0.05, 0) is 37.0 Å². The molecule has 0 aliphatic rings. The highest BCUT2D eigenvalue weighted by Crippen LogP contribution is 2.22. The molecule has 4 aromatic rings. The normalized spacial score (nSPS) is 10.7. The molecule has 3 aromatic heterocycles. The second-order valence-electron chi connectivity index (χ2n) is 8.36. The Hall–Kier alpha value is -4.38. The van der Waals surface area contributed by atoms with Crippen LogP contribution in [0.3, 0.4) is 0 Å². The number of aromatic nitrogens is 5. The molecule has 0 aliphatic carbocycles. The molecule has 4 rings (SSSR count). The van der Waals surface area contributed by atoms with Crippen molar-refractivity contribution in [3.05, 3.63) is 87.7 Å². The molecule has 0 fully saturated rings. The molecular formula is C28H28N6O2. The summed E-state index contributed by atoms with van der Waals surface area (Å²) in [6, 6.07) is 13.3. The minimum atomic E-state index is -0.0908. The highest BCUT2D eigenvalue weighted by atomic mass is 16.5. The molecule has 8 heteroatoms. The topological polar surface area (TPSA) is 107 Å². The zero-order valence-electron chi connectivity index (χ0n) is 20.7. The van der Waals surface area contributed by atoms with Gasteiger partial charge < -0.3 is 4.74 Å². The van der Waals surface area contributed by atoms with Gasteiger partial charge in [0, 0.05) is 17.3 Å². The van der Waals surface area contributed by atoms with E-state index in [9.17, 15) is 10.1 Å². The number of ether oxygens (including phenoxy) is 1. The van der Waals surface area contributed by atoms with Crippen molar-refractivity contribution in [1.82, 2.24) is 24.5 Å². The third-order valence-corrected chi connectivity index (χ3v) is 6.02. The van der Waals surface area contributed by atoms with Crippen molar-refractivity contribution in [3.8, 4) is 34.7 Å². The van der Waals surface area contributed by atoms with Gasteiger partial charge in [0.2, 0.25) is 0 Å². The summed E-state index contributed by atoms with van der Waals surface area (Å²) in [5, 5.41) is 9.41. The first-order valence-corrected chi connectivity index (χ1v) is 12.0. The summed E-state index contributed by atoms with van der Waals surface area (Å²) in [7, 11) is 1.55. The Bertz CT molecular complexity index is 1440. The molecule has 0 N–H and O–H groups in total. The summed E-state index contributed by atoms with van der Waals surface area (Å²) in [6.45, 7) is 4.36. The second-order valence-corrected chi connectivity index (χ2v) is 8.36. The van der Waals surface area contributed by atoms with Crippen molar-refractivity contribution in [2.45, 2.75) is 46.1 Å². The summed E-state index contributed by atoms with van der Waals surface area (Å²) in [6.07, 6.45) is 8.15. The monoisotopic (exact) mass is 480 g/mol. The Morgan fingerprint density at radius 1 is 1.03 bits per heavy atom.